The minimum atomic E-state index is -0.635. The van der Waals surface area contributed by atoms with Gasteiger partial charge in [-0.25, -0.2) is 4.39 Å². The molecular weight excluding hydrogens is 315 g/mol. The van der Waals surface area contributed by atoms with Crippen molar-refractivity contribution in [1.82, 2.24) is 0 Å². The molecule has 0 spiro atoms. The third kappa shape index (κ3) is 3.03. The molecule has 6 heteroatoms. The summed E-state index contributed by atoms with van der Waals surface area (Å²) in [4.78, 5) is 11.9. The largest absolute Gasteiger partial charge is 0.508 e. The van der Waals surface area contributed by atoms with Gasteiger partial charge in [0.25, 0.3) is 5.91 Å². The predicted octanol–water partition coefficient (Wildman–Crippen LogP) is 3.13. The Balaban J connectivity index is 2.25. The average Bonchev–Trinajstić information content (AvgIpc) is 2.32. The molecular formula is C13H10BrFN2O2. The molecule has 0 saturated carbocycles. The van der Waals surface area contributed by atoms with Gasteiger partial charge in [-0.3, -0.25) is 4.79 Å². The number of amides is 1. The van der Waals surface area contributed by atoms with Crippen LogP contribution in [0.4, 0.5) is 15.8 Å². The van der Waals surface area contributed by atoms with Crippen LogP contribution in [0.3, 0.4) is 0 Å². The van der Waals surface area contributed by atoms with Gasteiger partial charge in [-0.1, -0.05) is 15.9 Å². The maximum Gasteiger partial charge on any atom is 0.258 e. The Morgan fingerprint density at radius 1 is 1.26 bits per heavy atom. The standard InChI is InChI=1S/C13H10BrFN2O2/c14-7-1-3-9(10(15)5-7)13(19)17-12-4-2-8(18)6-11(12)16/h1-6,18H,16H2,(H,17,19). The molecule has 2 rings (SSSR count). The van der Waals surface area contributed by atoms with Crippen LogP contribution in [0.1, 0.15) is 10.4 Å². The van der Waals surface area contributed by atoms with E-state index in [0.717, 1.165) is 0 Å². The molecule has 0 radical (unpaired) electrons. The minimum absolute atomic E-state index is 0.00896. The van der Waals surface area contributed by atoms with Crippen molar-refractivity contribution in [3.8, 4) is 5.75 Å². The van der Waals surface area contributed by atoms with Gasteiger partial charge >= 0.3 is 0 Å². The molecule has 2 aromatic rings. The molecule has 0 bridgehead atoms. The zero-order valence-electron chi connectivity index (χ0n) is 9.65. The first-order valence-electron chi connectivity index (χ1n) is 5.32. The fraction of sp³-hybridized carbons (Fsp3) is 0. The molecule has 0 aliphatic heterocycles. The average molecular weight is 325 g/mol. The van der Waals surface area contributed by atoms with Gasteiger partial charge in [-0.15, -0.1) is 0 Å². The first-order chi connectivity index (χ1) is 8.97. The van der Waals surface area contributed by atoms with E-state index in [2.05, 4.69) is 21.2 Å². The van der Waals surface area contributed by atoms with Crippen LogP contribution in [0.15, 0.2) is 40.9 Å². The summed E-state index contributed by atoms with van der Waals surface area (Å²) < 4.78 is 14.2. The third-order valence-electron chi connectivity index (χ3n) is 2.46. The van der Waals surface area contributed by atoms with Crippen LogP contribution >= 0.6 is 15.9 Å². The summed E-state index contributed by atoms with van der Waals surface area (Å²) in [6.45, 7) is 0. The third-order valence-corrected chi connectivity index (χ3v) is 2.95. The Kier molecular flexibility index (Phi) is 3.71. The minimum Gasteiger partial charge on any atom is -0.508 e. The SMILES string of the molecule is Nc1cc(O)ccc1NC(=O)c1ccc(Br)cc1F. The summed E-state index contributed by atoms with van der Waals surface area (Å²) in [6.07, 6.45) is 0. The van der Waals surface area contributed by atoms with Gasteiger partial charge in [0, 0.05) is 10.5 Å². The highest BCUT2D eigenvalue weighted by atomic mass is 79.9. The maximum atomic E-state index is 13.6. The van der Waals surface area contributed by atoms with Crippen molar-refractivity contribution >= 4 is 33.2 Å². The van der Waals surface area contributed by atoms with E-state index < -0.39 is 11.7 Å². The summed E-state index contributed by atoms with van der Waals surface area (Å²) in [7, 11) is 0. The lowest BCUT2D eigenvalue weighted by Crippen LogP contribution is -2.14. The molecule has 0 aliphatic carbocycles. The molecule has 98 valence electrons. The molecule has 4 N–H and O–H groups in total. The van der Waals surface area contributed by atoms with Crippen LogP contribution in [-0.2, 0) is 0 Å². The number of carbonyl (C=O) groups is 1. The van der Waals surface area contributed by atoms with Gasteiger partial charge in [0.15, 0.2) is 0 Å². The molecule has 1 amide bonds. The second-order valence-corrected chi connectivity index (χ2v) is 4.77. The summed E-state index contributed by atoms with van der Waals surface area (Å²) in [5.41, 5.74) is 6.06. The lowest BCUT2D eigenvalue weighted by molar-refractivity contribution is 0.102. The number of anilines is 2. The summed E-state index contributed by atoms with van der Waals surface area (Å²) in [5.74, 6) is -1.25. The van der Waals surface area contributed by atoms with Crippen molar-refractivity contribution < 1.29 is 14.3 Å². The van der Waals surface area contributed by atoms with Crippen LogP contribution < -0.4 is 11.1 Å². The Bertz CT molecular complexity index is 647. The highest BCUT2D eigenvalue weighted by Gasteiger charge is 2.13. The number of rotatable bonds is 2. The van der Waals surface area contributed by atoms with E-state index in [4.69, 9.17) is 5.73 Å². The molecule has 0 fully saturated rings. The zero-order valence-corrected chi connectivity index (χ0v) is 11.2. The lowest BCUT2D eigenvalue weighted by Gasteiger charge is -2.09. The fourth-order valence-electron chi connectivity index (χ4n) is 1.53. The highest BCUT2D eigenvalue weighted by Crippen LogP contribution is 2.24. The van der Waals surface area contributed by atoms with Gasteiger partial charge in [0.05, 0.1) is 16.9 Å². The number of hydrogen-bond acceptors (Lipinski definition) is 3. The number of nitrogens with two attached hydrogens (primary N) is 1. The fourth-order valence-corrected chi connectivity index (χ4v) is 1.86. The number of hydrogen-bond donors (Lipinski definition) is 3. The second-order valence-electron chi connectivity index (χ2n) is 3.85. The van der Waals surface area contributed by atoms with Crippen LogP contribution in [0.2, 0.25) is 0 Å². The van der Waals surface area contributed by atoms with E-state index in [1.807, 2.05) is 0 Å². The number of aromatic hydroxyl groups is 1. The van der Waals surface area contributed by atoms with E-state index in [0.29, 0.717) is 10.2 Å². The van der Waals surface area contributed by atoms with Crippen molar-refractivity contribution in [2.45, 2.75) is 0 Å². The molecule has 0 unspecified atom stereocenters. The van der Waals surface area contributed by atoms with Crippen molar-refractivity contribution in [2.24, 2.45) is 0 Å². The Morgan fingerprint density at radius 2 is 2.00 bits per heavy atom. The highest BCUT2D eigenvalue weighted by molar-refractivity contribution is 9.10. The van der Waals surface area contributed by atoms with E-state index in [9.17, 15) is 14.3 Å². The van der Waals surface area contributed by atoms with Gasteiger partial charge in [0.2, 0.25) is 0 Å². The topological polar surface area (TPSA) is 75.3 Å². The van der Waals surface area contributed by atoms with Crippen molar-refractivity contribution in [3.63, 3.8) is 0 Å². The number of nitrogens with one attached hydrogen (secondary N) is 1. The summed E-state index contributed by atoms with van der Waals surface area (Å²) in [6, 6.07) is 8.26. The molecule has 19 heavy (non-hydrogen) atoms. The van der Waals surface area contributed by atoms with Crippen LogP contribution in [0.5, 0.6) is 5.75 Å². The zero-order chi connectivity index (χ0) is 14.0. The molecule has 4 nitrogen and oxygen atoms in total. The Morgan fingerprint density at radius 3 is 2.63 bits per heavy atom. The Hall–Kier alpha value is -2.08. The summed E-state index contributed by atoms with van der Waals surface area (Å²) in [5, 5.41) is 11.7. The number of carbonyl (C=O) groups excluding carboxylic acids is 1. The molecule has 0 aromatic heterocycles. The van der Waals surface area contributed by atoms with Gasteiger partial charge in [-0.05, 0) is 30.3 Å². The van der Waals surface area contributed by atoms with Gasteiger partial charge in [0.1, 0.15) is 11.6 Å². The first kappa shape index (κ1) is 13.4. The van der Waals surface area contributed by atoms with E-state index in [-0.39, 0.29) is 17.0 Å². The van der Waals surface area contributed by atoms with Crippen molar-refractivity contribution in [1.29, 1.82) is 0 Å². The predicted molar refractivity (Wildman–Crippen MR) is 74.6 cm³/mol. The van der Waals surface area contributed by atoms with E-state index >= 15 is 0 Å². The van der Waals surface area contributed by atoms with E-state index in [1.54, 1.807) is 6.07 Å². The molecule has 0 aliphatic rings. The van der Waals surface area contributed by atoms with E-state index in [1.165, 1.54) is 30.3 Å². The maximum absolute atomic E-state index is 13.6. The Labute approximate surface area is 117 Å². The van der Waals surface area contributed by atoms with Crippen LogP contribution in [-0.4, -0.2) is 11.0 Å². The normalized spacial score (nSPS) is 10.2. The summed E-state index contributed by atoms with van der Waals surface area (Å²) >= 11 is 3.11. The second kappa shape index (κ2) is 5.27. The number of halogens is 2. The molecule has 0 heterocycles. The molecule has 0 atom stereocenters. The molecule has 2 aromatic carbocycles. The van der Waals surface area contributed by atoms with Crippen molar-refractivity contribution in [2.75, 3.05) is 11.1 Å². The lowest BCUT2D eigenvalue weighted by atomic mass is 10.2. The number of benzene rings is 2. The number of phenolic OH excluding ortho intramolecular Hbond substituents is 1. The quantitative estimate of drug-likeness (QED) is 0.586. The molecule has 0 saturated heterocycles. The van der Waals surface area contributed by atoms with Gasteiger partial charge < -0.3 is 16.2 Å². The van der Waals surface area contributed by atoms with Crippen LogP contribution in [0.25, 0.3) is 0 Å². The first-order valence-corrected chi connectivity index (χ1v) is 6.11. The number of phenols is 1. The van der Waals surface area contributed by atoms with Crippen LogP contribution in [0, 0.1) is 5.82 Å². The number of nitrogen functional groups attached to an aromatic ring is 1. The van der Waals surface area contributed by atoms with Crippen molar-refractivity contribution in [3.05, 3.63) is 52.3 Å². The smallest absolute Gasteiger partial charge is 0.258 e. The monoisotopic (exact) mass is 324 g/mol. The van der Waals surface area contributed by atoms with Gasteiger partial charge in [-0.2, -0.15) is 0 Å².